The van der Waals surface area contributed by atoms with E-state index in [2.05, 4.69) is 23.9 Å². The number of hydrogen-bond donors (Lipinski definition) is 1. The third-order valence-corrected chi connectivity index (χ3v) is 5.30. The lowest BCUT2D eigenvalue weighted by Crippen LogP contribution is -2.26. The molecule has 1 unspecified atom stereocenters. The number of ether oxygens (including phenoxy) is 1. The third kappa shape index (κ3) is 5.18. The van der Waals surface area contributed by atoms with Crippen LogP contribution < -0.4 is 0 Å². The molecular weight excluding hydrogens is 224 g/mol. The van der Waals surface area contributed by atoms with Crippen LogP contribution in [-0.4, -0.2) is 67.1 Å². The molecule has 0 N–H and O–H groups in total. The number of thiol groups is 1. The Bertz CT molecular complexity index is 226. The zero-order chi connectivity index (χ0) is 12.0. The highest BCUT2D eigenvalue weighted by atomic mass is 32.2. The second-order valence-corrected chi connectivity index (χ2v) is 6.77. The van der Waals surface area contributed by atoms with Crippen LogP contribution >= 0.6 is 10.9 Å². The Labute approximate surface area is 101 Å². The topological polar surface area (TPSA) is 32.8 Å². The number of hydrogen-bond acceptors (Lipinski definition) is 4. The van der Waals surface area contributed by atoms with Crippen LogP contribution in [0.4, 0.5) is 0 Å². The fourth-order valence-electron chi connectivity index (χ4n) is 1.74. The Balaban J connectivity index is 2.06. The molecule has 0 aliphatic carbocycles. The molecule has 5 heteroatoms. The molecule has 0 aromatic carbocycles. The van der Waals surface area contributed by atoms with E-state index in [-0.39, 0.29) is 16.9 Å². The summed E-state index contributed by atoms with van der Waals surface area (Å²) in [6, 6.07) is 0. The molecule has 0 radical (unpaired) electrons. The minimum Gasteiger partial charge on any atom is -0.464 e. The second-order valence-electron chi connectivity index (χ2n) is 4.41. The first-order chi connectivity index (χ1) is 7.61. The maximum absolute atomic E-state index is 10.9. The van der Waals surface area contributed by atoms with Crippen LogP contribution in [0, 0.1) is 0 Å². The van der Waals surface area contributed by atoms with Gasteiger partial charge in [-0.3, -0.25) is 14.6 Å². The van der Waals surface area contributed by atoms with Gasteiger partial charge in [-0.05, 0) is 19.8 Å². The quantitative estimate of drug-likeness (QED) is 0.555. The zero-order valence-electron chi connectivity index (χ0n) is 10.6. The van der Waals surface area contributed by atoms with Crippen LogP contribution in [0.25, 0.3) is 0 Å². The van der Waals surface area contributed by atoms with Crippen molar-refractivity contribution in [1.29, 1.82) is 0 Å². The minimum atomic E-state index is -0.0975. The summed E-state index contributed by atoms with van der Waals surface area (Å²) >= 11 is 0. The van der Waals surface area contributed by atoms with E-state index in [9.17, 15) is 4.79 Å². The van der Waals surface area contributed by atoms with Gasteiger partial charge in [0.2, 0.25) is 0 Å². The van der Waals surface area contributed by atoms with E-state index in [1.54, 1.807) is 0 Å². The van der Waals surface area contributed by atoms with Crippen molar-refractivity contribution in [2.24, 2.45) is 0 Å². The summed E-state index contributed by atoms with van der Waals surface area (Å²) in [5, 5.41) is 0. The van der Waals surface area contributed by atoms with Crippen molar-refractivity contribution in [3.05, 3.63) is 0 Å². The number of carbonyl (C=O) groups excluding carboxylic acids is 1. The monoisotopic (exact) mass is 248 g/mol. The van der Waals surface area contributed by atoms with Gasteiger partial charge in [-0.15, -0.1) is 0 Å². The van der Waals surface area contributed by atoms with E-state index in [0.29, 0.717) is 13.0 Å². The number of nitrogens with zero attached hydrogens (tertiary/aromatic N) is 2. The molecule has 1 heterocycles. The van der Waals surface area contributed by atoms with Gasteiger partial charge in [0.1, 0.15) is 6.61 Å². The largest absolute Gasteiger partial charge is 0.464 e. The Morgan fingerprint density at radius 1 is 1.56 bits per heavy atom. The van der Waals surface area contributed by atoms with Crippen LogP contribution in [0.15, 0.2) is 0 Å². The molecule has 1 aliphatic rings. The van der Waals surface area contributed by atoms with Crippen molar-refractivity contribution in [1.82, 2.24) is 9.80 Å². The minimum absolute atomic E-state index is 0.0975. The van der Waals surface area contributed by atoms with E-state index in [0.717, 1.165) is 6.54 Å². The summed E-state index contributed by atoms with van der Waals surface area (Å²) in [4.78, 5) is 15.6. The van der Waals surface area contributed by atoms with E-state index >= 15 is 0 Å². The average molecular weight is 248 g/mol. The third-order valence-electron chi connectivity index (χ3n) is 2.71. The molecule has 0 spiro atoms. The maximum atomic E-state index is 10.9. The molecule has 1 rings (SSSR count). The fourth-order valence-corrected chi connectivity index (χ4v) is 4.38. The summed E-state index contributed by atoms with van der Waals surface area (Å²) in [5.74, 6) is 3.68. The summed E-state index contributed by atoms with van der Waals surface area (Å²) in [6.45, 7) is 4.45. The Morgan fingerprint density at radius 2 is 2.31 bits per heavy atom. The number of carbonyl (C=O) groups is 1. The summed E-state index contributed by atoms with van der Waals surface area (Å²) in [7, 11) is 4.45. The highest BCUT2D eigenvalue weighted by Crippen LogP contribution is 2.31. The van der Waals surface area contributed by atoms with Crippen LogP contribution in [0.5, 0.6) is 0 Å². The normalized spacial score (nSPS) is 23.9. The first kappa shape index (κ1) is 13.8. The van der Waals surface area contributed by atoms with Gasteiger partial charge < -0.3 is 4.74 Å². The molecule has 0 amide bonds. The second kappa shape index (κ2) is 7.14. The van der Waals surface area contributed by atoms with Crippen molar-refractivity contribution in [2.75, 3.05) is 51.3 Å². The first-order valence-corrected chi connectivity index (χ1v) is 7.76. The predicted octanol–water partition coefficient (Wildman–Crippen LogP) is 0.733. The lowest BCUT2D eigenvalue weighted by molar-refractivity contribution is -0.143. The standard InChI is InChI=1S/C11H24N2O2S/c1-4-11(14)15-7-5-12(2)9-16-8-6-13(3)10-16/h16H,4-10H2,1-3H3. The molecule has 1 aliphatic heterocycles. The highest BCUT2D eigenvalue weighted by molar-refractivity contribution is 8.17. The lowest BCUT2D eigenvalue weighted by atomic mass is 10.5. The Kier molecular flexibility index (Phi) is 6.16. The molecule has 16 heavy (non-hydrogen) atoms. The smallest absolute Gasteiger partial charge is 0.305 e. The predicted molar refractivity (Wildman–Crippen MR) is 70.1 cm³/mol. The van der Waals surface area contributed by atoms with E-state index in [1.807, 2.05) is 6.92 Å². The molecule has 0 aromatic heterocycles. The van der Waals surface area contributed by atoms with Crippen molar-refractivity contribution in [2.45, 2.75) is 13.3 Å². The first-order valence-electron chi connectivity index (χ1n) is 5.87. The van der Waals surface area contributed by atoms with Crippen LogP contribution in [0.1, 0.15) is 13.3 Å². The maximum Gasteiger partial charge on any atom is 0.305 e. The molecule has 1 fully saturated rings. The van der Waals surface area contributed by atoms with Crippen molar-refractivity contribution in [3.63, 3.8) is 0 Å². The molecule has 96 valence electrons. The average Bonchev–Trinajstić information content (AvgIpc) is 2.63. The number of likely N-dealkylation sites (N-methyl/N-ethyl adjacent to an activating group) is 1. The van der Waals surface area contributed by atoms with Gasteiger partial charge in [0.25, 0.3) is 0 Å². The zero-order valence-corrected chi connectivity index (χ0v) is 11.5. The van der Waals surface area contributed by atoms with Gasteiger partial charge >= 0.3 is 5.97 Å². The van der Waals surface area contributed by atoms with Crippen molar-refractivity contribution >= 4 is 16.9 Å². The van der Waals surface area contributed by atoms with Gasteiger partial charge in [-0.1, -0.05) is 6.92 Å². The Hall–Kier alpha value is -0.260. The van der Waals surface area contributed by atoms with Crippen LogP contribution in [-0.2, 0) is 9.53 Å². The van der Waals surface area contributed by atoms with E-state index in [4.69, 9.17) is 4.74 Å². The molecule has 0 saturated carbocycles. The Morgan fingerprint density at radius 3 is 2.88 bits per heavy atom. The van der Waals surface area contributed by atoms with Crippen molar-refractivity contribution < 1.29 is 9.53 Å². The summed E-state index contributed by atoms with van der Waals surface area (Å²) in [6.07, 6.45) is 0.473. The van der Waals surface area contributed by atoms with Gasteiger partial charge in [-0.25, -0.2) is 10.9 Å². The molecular formula is C11H24N2O2S. The SMILES string of the molecule is CCC(=O)OCCN(C)C[SH]1CCN(C)C1. The number of esters is 1. The van der Waals surface area contributed by atoms with Gasteiger partial charge in [0.15, 0.2) is 0 Å². The fraction of sp³-hybridized carbons (Fsp3) is 0.909. The van der Waals surface area contributed by atoms with E-state index < -0.39 is 0 Å². The van der Waals surface area contributed by atoms with Gasteiger partial charge in [0, 0.05) is 31.3 Å². The highest BCUT2D eigenvalue weighted by Gasteiger charge is 2.17. The molecule has 4 nitrogen and oxygen atoms in total. The lowest BCUT2D eigenvalue weighted by Gasteiger charge is -2.23. The molecule has 0 bridgehead atoms. The molecule has 0 aromatic rings. The van der Waals surface area contributed by atoms with Crippen LogP contribution in [0.3, 0.4) is 0 Å². The van der Waals surface area contributed by atoms with Crippen LogP contribution in [0.2, 0.25) is 0 Å². The van der Waals surface area contributed by atoms with Gasteiger partial charge in [0.05, 0.1) is 0 Å². The van der Waals surface area contributed by atoms with E-state index in [1.165, 1.54) is 24.1 Å². The summed E-state index contributed by atoms with van der Waals surface area (Å²) in [5.41, 5.74) is 0. The molecule has 1 saturated heterocycles. The molecule has 1 atom stereocenters. The summed E-state index contributed by atoms with van der Waals surface area (Å²) < 4.78 is 5.06. The number of rotatable bonds is 6. The van der Waals surface area contributed by atoms with Crippen molar-refractivity contribution in [3.8, 4) is 0 Å². The van der Waals surface area contributed by atoms with Gasteiger partial charge in [-0.2, -0.15) is 0 Å².